The molecule has 2 heterocycles. The number of aromatic nitrogens is 4. The Kier molecular flexibility index (Phi) is 20.0. The molecule has 0 saturated carbocycles. The van der Waals surface area contributed by atoms with Crippen LogP contribution in [0.15, 0.2) is 135 Å². The number of thioether (sulfide) groups is 2. The highest BCUT2D eigenvalue weighted by Crippen LogP contribution is 2.25. The third-order valence-electron chi connectivity index (χ3n) is 10.2. The number of carbonyl (C=O) groups is 4. The van der Waals surface area contributed by atoms with Crippen molar-refractivity contribution in [3.05, 3.63) is 180 Å². The summed E-state index contributed by atoms with van der Waals surface area (Å²) in [5.74, 6) is -2.29. The van der Waals surface area contributed by atoms with Gasteiger partial charge in [0.2, 0.25) is 0 Å². The molecule has 0 bridgehead atoms. The molecule has 0 spiro atoms. The van der Waals surface area contributed by atoms with E-state index in [1.165, 1.54) is 47.8 Å². The van der Waals surface area contributed by atoms with Gasteiger partial charge in [-0.3, -0.25) is 9.59 Å². The fourth-order valence-electron chi connectivity index (χ4n) is 6.68. The molecule has 6 aromatic rings. The van der Waals surface area contributed by atoms with Gasteiger partial charge < -0.3 is 30.0 Å². The Balaban J connectivity index is 0.000000247. The van der Waals surface area contributed by atoms with Gasteiger partial charge in [-0.05, 0) is 132 Å². The molecule has 4 aromatic carbocycles. The zero-order valence-corrected chi connectivity index (χ0v) is 38.2. The van der Waals surface area contributed by atoms with Crippen LogP contribution >= 0.6 is 23.5 Å². The number of benzene rings is 4. The van der Waals surface area contributed by atoms with Crippen molar-refractivity contribution in [2.24, 2.45) is 0 Å². The molecular weight excluding hydrogens is 883 g/mol. The second-order valence-electron chi connectivity index (χ2n) is 15.0. The Labute approximate surface area is 391 Å². The summed E-state index contributed by atoms with van der Waals surface area (Å²) in [6, 6.07) is 24.8. The SMILES string of the molecule is CSCC[C@H](NC(=O)c1cccc(/C=C(/CCn2ccnc2)c2ccc(F)cc2)c1)C(=O)O.CSCC[C@H](NC(=O)c1cccc(/C=C(\CCn2ccnc2)c2ccc(F)cc2)c1)C(=O)O. The van der Waals surface area contributed by atoms with Crippen LogP contribution in [-0.4, -0.2) is 89.2 Å². The lowest BCUT2D eigenvalue weighted by Crippen LogP contribution is -2.41. The molecule has 12 nitrogen and oxygen atoms in total. The van der Waals surface area contributed by atoms with E-state index >= 15 is 0 Å². The summed E-state index contributed by atoms with van der Waals surface area (Å²) in [6.45, 7) is 1.39. The second kappa shape index (κ2) is 26.2. The molecule has 66 heavy (non-hydrogen) atoms. The standard InChI is InChI=1S/2C25H26FN3O3S/c2*1-33-14-10-23(25(31)32)28-24(30)21-4-2-3-18(16-21)15-20(9-12-29-13-11-27-17-29)19-5-7-22(26)8-6-19/h2*2-8,11,13,15-17,23H,9-10,12,14H2,1H3,(H,28,30)(H,31,32)/b20-15+;20-15-/t2*23-/m00/s1. The van der Waals surface area contributed by atoms with Crippen LogP contribution in [0, 0.1) is 11.6 Å². The van der Waals surface area contributed by atoms with Crippen molar-refractivity contribution in [3.8, 4) is 0 Å². The van der Waals surface area contributed by atoms with E-state index in [9.17, 15) is 38.2 Å². The number of imidazole rings is 2. The molecule has 0 aliphatic rings. The number of amides is 2. The van der Waals surface area contributed by atoms with Crippen molar-refractivity contribution in [2.45, 2.75) is 50.9 Å². The van der Waals surface area contributed by atoms with Crippen LogP contribution in [0.5, 0.6) is 0 Å². The number of halogens is 2. The number of hydrogen-bond acceptors (Lipinski definition) is 8. The van der Waals surface area contributed by atoms with E-state index in [2.05, 4.69) is 20.6 Å². The molecule has 2 aromatic heterocycles. The smallest absolute Gasteiger partial charge is 0.326 e. The first kappa shape index (κ1) is 50.2. The number of nitrogens with one attached hydrogen (secondary N) is 2. The van der Waals surface area contributed by atoms with Gasteiger partial charge in [0.1, 0.15) is 23.7 Å². The van der Waals surface area contributed by atoms with Crippen molar-refractivity contribution >= 4 is 70.6 Å². The molecule has 0 aliphatic heterocycles. The number of rotatable bonds is 22. The summed E-state index contributed by atoms with van der Waals surface area (Å²) < 4.78 is 30.8. The predicted octanol–water partition coefficient (Wildman–Crippen LogP) is 9.18. The lowest BCUT2D eigenvalue weighted by molar-refractivity contribution is -0.140. The van der Waals surface area contributed by atoms with Gasteiger partial charge >= 0.3 is 11.9 Å². The van der Waals surface area contributed by atoms with E-state index in [0.29, 0.717) is 61.4 Å². The van der Waals surface area contributed by atoms with Crippen molar-refractivity contribution in [1.82, 2.24) is 29.7 Å². The first-order valence-electron chi connectivity index (χ1n) is 21.0. The van der Waals surface area contributed by atoms with E-state index in [1.54, 1.807) is 85.7 Å². The number of hydrogen-bond donors (Lipinski definition) is 4. The fraction of sp³-hybridized carbons (Fsp3) is 0.240. The van der Waals surface area contributed by atoms with Gasteiger partial charge in [-0.25, -0.2) is 28.3 Å². The van der Waals surface area contributed by atoms with Gasteiger partial charge in [-0.1, -0.05) is 60.7 Å². The monoisotopic (exact) mass is 934 g/mol. The maximum atomic E-state index is 13.4. The molecule has 0 aliphatic carbocycles. The molecular formula is C50H52F2N6O6S2. The molecule has 0 unspecified atom stereocenters. The second-order valence-corrected chi connectivity index (χ2v) is 17.0. The van der Waals surface area contributed by atoms with Crippen LogP contribution in [0.2, 0.25) is 0 Å². The van der Waals surface area contributed by atoms with Crippen molar-refractivity contribution < 1.29 is 38.2 Å². The predicted molar refractivity (Wildman–Crippen MR) is 259 cm³/mol. The highest BCUT2D eigenvalue weighted by molar-refractivity contribution is 7.98. The van der Waals surface area contributed by atoms with Crippen LogP contribution in [0.4, 0.5) is 8.78 Å². The third kappa shape index (κ3) is 16.3. The summed E-state index contributed by atoms with van der Waals surface area (Å²) >= 11 is 3.06. The van der Waals surface area contributed by atoms with Gasteiger partial charge in [-0.15, -0.1) is 0 Å². The molecule has 0 saturated heterocycles. The topological polar surface area (TPSA) is 168 Å². The Morgan fingerprint density at radius 2 is 1.00 bits per heavy atom. The summed E-state index contributed by atoms with van der Waals surface area (Å²) in [6.07, 6.45) is 20.4. The van der Waals surface area contributed by atoms with Crippen LogP contribution < -0.4 is 10.6 Å². The summed E-state index contributed by atoms with van der Waals surface area (Å²) in [7, 11) is 0. The lowest BCUT2D eigenvalue weighted by Gasteiger charge is -2.14. The molecule has 0 fully saturated rings. The van der Waals surface area contributed by atoms with Crippen LogP contribution in [0.1, 0.15) is 68.7 Å². The average molecular weight is 935 g/mol. The fourth-order valence-corrected chi connectivity index (χ4v) is 7.62. The van der Waals surface area contributed by atoms with Gasteiger partial charge in [0.05, 0.1) is 12.7 Å². The first-order chi connectivity index (χ1) is 31.9. The van der Waals surface area contributed by atoms with Crippen LogP contribution in [0.25, 0.3) is 23.3 Å². The highest BCUT2D eigenvalue weighted by Gasteiger charge is 2.21. The molecule has 6 rings (SSSR count). The normalized spacial score (nSPS) is 12.4. The maximum absolute atomic E-state index is 13.4. The Morgan fingerprint density at radius 3 is 1.33 bits per heavy atom. The minimum atomic E-state index is -1.05. The highest BCUT2D eigenvalue weighted by atomic mass is 32.2. The minimum absolute atomic E-state index is 0.305. The van der Waals surface area contributed by atoms with Gasteiger partial charge in [0, 0.05) is 49.0 Å². The molecule has 0 radical (unpaired) electrons. The Bertz CT molecular complexity index is 2370. The number of carboxylic acid groups (broad SMARTS) is 2. The third-order valence-corrected chi connectivity index (χ3v) is 11.5. The molecule has 2 amide bonds. The van der Waals surface area contributed by atoms with E-state index in [-0.39, 0.29) is 11.6 Å². The van der Waals surface area contributed by atoms with Gasteiger partial charge in [-0.2, -0.15) is 23.5 Å². The van der Waals surface area contributed by atoms with E-state index < -0.39 is 35.8 Å². The molecule has 16 heteroatoms. The number of aliphatic carboxylic acids is 2. The first-order valence-corrected chi connectivity index (χ1v) is 23.8. The molecule has 344 valence electrons. The van der Waals surface area contributed by atoms with E-state index in [0.717, 1.165) is 33.4 Å². The van der Waals surface area contributed by atoms with E-state index in [1.807, 2.05) is 58.3 Å². The Hall–Kier alpha value is -6.78. The number of aryl methyl sites for hydroxylation is 2. The van der Waals surface area contributed by atoms with Gasteiger partial charge in [0.15, 0.2) is 0 Å². The van der Waals surface area contributed by atoms with Crippen LogP contribution in [0.3, 0.4) is 0 Å². The lowest BCUT2D eigenvalue weighted by atomic mass is 9.98. The number of nitrogens with zero attached hydrogens (tertiary/aromatic N) is 4. The zero-order chi connectivity index (χ0) is 47.3. The summed E-state index contributed by atoms with van der Waals surface area (Å²) in [5, 5.41) is 24.0. The summed E-state index contributed by atoms with van der Waals surface area (Å²) in [4.78, 5) is 56.4. The number of carbonyl (C=O) groups excluding carboxylic acids is 2. The number of carboxylic acids is 2. The van der Waals surface area contributed by atoms with Crippen molar-refractivity contribution in [3.63, 3.8) is 0 Å². The number of allylic oxidation sites excluding steroid dienone is 2. The average Bonchev–Trinajstić information content (AvgIpc) is 4.05. The minimum Gasteiger partial charge on any atom is -0.480 e. The summed E-state index contributed by atoms with van der Waals surface area (Å²) in [5.41, 5.74) is 6.07. The largest absolute Gasteiger partial charge is 0.480 e. The van der Waals surface area contributed by atoms with Gasteiger partial charge in [0.25, 0.3) is 11.8 Å². The van der Waals surface area contributed by atoms with Crippen molar-refractivity contribution in [1.29, 1.82) is 0 Å². The zero-order valence-electron chi connectivity index (χ0n) is 36.6. The van der Waals surface area contributed by atoms with E-state index in [4.69, 9.17) is 0 Å². The Morgan fingerprint density at radius 1 is 0.606 bits per heavy atom. The molecule has 2 atom stereocenters. The van der Waals surface area contributed by atoms with Crippen LogP contribution in [-0.2, 0) is 22.7 Å². The maximum Gasteiger partial charge on any atom is 0.326 e. The molecule has 4 N–H and O–H groups in total. The quantitative estimate of drug-likeness (QED) is 0.0482. The van der Waals surface area contributed by atoms with Crippen molar-refractivity contribution in [2.75, 3.05) is 24.0 Å².